The molecule has 1 heterocycles. The third-order valence-corrected chi connectivity index (χ3v) is 3.25. The van der Waals surface area contributed by atoms with Crippen molar-refractivity contribution < 1.29 is 5.11 Å². The summed E-state index contributed by atoms with van der Waals surface area (Å²) >= 11 is 1.34. The molecular weight excluding hydrogens is 198 g/mol. The summed E-state index contributed by atoms with van der Waals surface area (Å²) in [6, 6.07) is 0.158. The van der Waals surface area contributed by atoms with Crippen molar-refractivity contribution in [3.63, 3.8) is 0 Å². The molecule has 0 radical (unpaired) electrons. The van der Waals surface area contributed by atoms with Crippen LogP contribution in [-0.4, -0.2) is 26.6 Å². The Kier molecular flexibility index (Phi) is 3.31. The van der Waals surface area contributed by atoms with Gasteiger partial charge in [-0.1, -0.05) is 19.3 Å². The number of aliphatic hydroxyl groups is 1. The second-order valence-corrected chi connectivity index (χ2v) is 4.48. The SMILES string of the molecule is OC1CCCCCC1Nc1ncns1. The highest BCUT2D eigenvalue weighted by Gasteiger charge is 2.21. The standard InChI is InChI=1S/C9H15N3OS/c13-8-5-3-1-2-4-7(8)12-9-10-6-11-14-9/h6-8,13H,1-5H2,(H,10,11,12). The number of nitrogens with one attached hydrogen (secondary N) is 1. The van der Waals surface area contributed by atoms with Crippen LogP contribution in [0.4, 0.5) is 5.13 Å². The van der Waals surface area contributed by atoms with Gasteiger partial charge in [-0.15, -0.1) is 0 Å². The molecule has 0 amide bonds. The zero-order valence-corrected chi connectivity index (χ0v) is 8.83. The Bertz CT molecular complexity index is 265. The Morgan fingerprint density at radius 2 is 2.21 bits per heavy atom. The fraction of sp³-hybridized carbons (Fsp3) is 0.778. The molecular formula is C9H15N3OS. The first kappa shape index (κ1) is 9.86. The first-order valence-electron chi connectivity index (χ1n) is 5.07. The molecule has 0 aromatic carbocycles. The monoisotopic (exact) mass is 213 g/mol. The minimum absolute atomic E-state index is 0.158. The zero-order valence-electron chi connectivity index (χ0n) is 8.02. The van der Waals surface area contributed by atoms with Gasteiger partial charge in [-0.25, -0.2) is 4.98 Å². The lowest BCUT2D eigenvalue weighted by molar-refractivity contribution is 0.144. The van der Waals surface area contributed by atoms with E-state index in [4.69, 9.17) is 0 Å². The summed E-state index contributed by atoms with van der Waals surface area (Å²) in [5.41, 5.74) is 0. The molecule has 5 heteroatoms. The molecule has 0 spiro atoms. The lowest BCUT2D eigenvalue weighted by atomic mass is 10.1. The minimum Gasteiger partial charge on any atom is -0.391 e. The molecule has 2 rings (SSSR count). The van der Waals surface area contributed by atoms with Gasteiger partial charge in [0, 0.05) is 11.5 Å². The highest BCUT2D eigenvalue weighted by molar-refractivity contribution is 7.09. The molecule has 0 saturated heterocycles. The smallest absolute Gasteiger partial charge is 0.202 e. The molecule has 1 saturated carbocycles. The number of hydrogen-bond donors (Lipinski definition) is 2. The van der Waals surface area contributed by atoms with Crippen LogP contribution in [0.3, 0.4) is 0 Å². The molecule has 1 aromatic heterocycles. The van der Waals surface area contributed by atoms with Crippen LogP contribution in [0.5, 0.6) is 0 Å². The van der Waals surface area contributed by atoms with Crippen LogP contribution in [0, 0.1) is 0 Å². The Balaban J connectivity index is 1.94. The van der Waals surface area contributed by atoms with E-state index in [1.807, 2.05) is 0 Å². The Hall–Kier alpha value is -0.680. The minimum atomic E-state index is -0.235. The number of hydrogen-bond acceptors (Lipinski definition) is 5. The maximum absolute atomic E-state index is 9.84. The van der Waals surface area contributed by atoms with Gasteiger partial charge in [0.15, 0.2) is 0 Å². The first-order valence-corrected chi connectivity index (χ1v) is 5.85. The van der Waals surface area contributed by atoms with Crippen LogP contribution in [0.25, 0.3) is 0 Å². The van der Waals surface area contributed by atoms with Crippen molar-refractivity contribution in [1.82, 2.24) is 9.36 Å². The summed E-state index contributed by atoms with van der Waals surface area (Å²) in [5.74, 6) is 0. The number of anilines is 1. The van der Waals surface area contributed by atoms with Crippen molar-refractivity contribution >= 4 is 16.7 Å². The van der Waals surface area contributed by atoms with Gasteiger partial charge in [0.05, 0.1) is 12.1 Å². The van der Waals surface area contributed by atoms with E-state index in [1.54, 1.807) is 0 Å². The predicted molar refractivity (Wildman–Crippen MR) is 56.4 cm³/mol. The average Bonchev–Trinajstić information content (AvgIpc) is 2.60. The molecule has 0 aliphatic heterocycles. The normalized spacial score (nSPS) is 28.4. The Morgan fingerprint density at radius 3 is 3.00 bits per heavy atom. The second-order valence-electron chi connectivity index (χ2n) is 3.70. The topological polar surface area (TPSA) is 58.0 Å². The lowest BCUT2D eigenvalue weighted by Crippen LogP contribution is -2.32. The van der Waals surface area contributed by atoms with E-state index in [0.29, 0.717) is 0 Å². The van der Waals surface area contributed by atoms with Crippen LogP contribution in [-0.2, 0) is 0 Å². The van der Waals surface area contributed by atoms with Gasteiger partial charge in [0.2, 0.25) is 5.13 Å². The largest absolute Gasteiger partial charge is 0.391 e. The molecule has 2 atom stereocenters. The summed E-state index contributed by atoms with van der Waals surface area (Å²) < 4.78 is 3.92. The molecule has 78 valence electrons. The van der Waals surface area contributed by atoms with Crippen LogP contribution in [0.1, 0.15) is 32.1 Å². The van der Waals surface area contributed by atoms with Crippen LogP contribution in [0.15, 0.2) is 6.33 Å². The van der Waals surface area contributed by atoms with E-state index in [1.165, 1.54) is 30.7 Å². The van der Waals surface area contributed by atoms with Gasteiger partial charge in [-0.2, -0.15) is 4.37 Å². The second kappa shape index (κ2) is 4.70. The number of rotatable bonds is 2. The molecule has 1 fully saturated rings. The molecule has 0 bridgehead atoms. The van der Waals surface area contributed by atoms with E-state index < -0.39 is 0 Å². The van der Waals surface area contributed by atoms with Gasteiger partial charge < -0.3 is 10.4 Å². The fourth-order valence-electron chi connectivity index (χ4n) is 1.85. The van der Waals surface area contributed by atoms with Crippen molar-refractivity contribution in [3.05, 3.63) is 6.33 Å². The van der Waals surface area contributed by atoms with E-state index >= 15 is 0 Å². The van der Waals surface area contributed by atoms with Crippen molar-refractivity contribution in [2.75, 3.05) is 5.32 Å². The van der Waals surface area contributed by atoms with Gasteiger partial charge >= 0.3 is 0 Å². The molecule has 1 aliphatic carbocycles. The molecule has 14 heavy (non-hydrogen) atoms. The molecule has 4 nitrogen and oxygen atoms in total. The van der Waals surface area contributed by atoms with Crippen molar-refractivity contribution in [2.24, 2.45) is 0 Å². The number of aliphatic hydroxyl groups excluding tert-OH is 1. The lowest BCUT2D eigenvalue weighted by Gasteiger charge is -2.20. The Morgan fingerprint density at radius 1 is 1.36 bits per heavy atom. The number of aromatic nitrogens is 2. The average molecular weight is 213 g/mol. The maximum Gasteiger partial charge on any atom is 0.202 e. The summed E-state index contributed by atoms with van der Waals surface area (Å²) in [5, 5.41) is 13.9. The summed E-state index contributed by atoms with van der Waals surface area (Å²) in [7, 11) is 0. The number of nitrogens with zero attached hydrogens (tertiary/aromatic N) is 2. The first-order chi connectivity index (χ1) is 6.86. The van der Waals surface area contributed by atoms with E-state index in [0.717, 1.165) is 24.4 Å². The Labute approximate surface area is 87.5 Å². The summed E-state index contributed by atoms with van der Waals surface area (Å²) in [6.45, 7) is 0. The molecule has 1 aliphatic rings. The van der Waals surface area contributed by atoms with Gasteiger partial charge in [0.25, 0.3) is 0 Å². The summed E-state index contributed by atoms with van der Waals surface area (Å²) in [6.07, 6.45) is 6.78. The van der Waals surface area contributed by atoms with Crippen LogP contribution < -0.4 is 5.32 Å². The van der Waals surface area contributed by atoms with Crippen molar-refractivity contribution in [2.45, 2.75) is 44.2 Å². The maximum atomic E-state index is 9.84. The van der Waals surface area contributed by atoms with E-state index in [2.05, 4.69) is 14.7 Å². The predicted octanol–water partition coefficient (Wildman–Crippen LogP) is 1.64. The van der Waals surface area contributed by atoms with Crippen LogP contribution in [0.2, 0.25) is 0 Å². The van der Waals surface area contributed by atoms with E-state index in [9.17, 15) is 5.11 Å². The molecule has 1 aromatic rings. The molecule has 2 unspecified atom stereocenters. The van der Waals surface area contributed by atoms with Gasteiger partial charge in [-0.05, 0) is 12.8 Å². The van der Waals surface area contributed by atoms with Gasteiger partial charge in [0.1, 0.15) is 6.33 Å². The zero-order chi connectivity index (χ0) is 9.80. The van der Waals surface area contributed by atoms with Crippen molar-refractivity contribution in [1.29, 1.82) is 0 Å². The quantitative estimate of drug-likeness (QED) is 0.733. The third kappa shape index (κ3) is 2.42. The molecule has 2 N–H and O–H groups in total. The summed E-state index contributed by atoms with van der Waals surface area (Å²) in [4.78, 5) is 4.06. The van der Waals surface area contributed by atoms with E-state index in [-0.39, 0.29) is 12.1 Å². The highest BCUT2D eigenvalue weighted by atomic mass is 32.1. The van der Waals surface area contributed by atoms with Gasteiger partial charge in [-0.3, -0.25) is 0 Å². The third-order valence-electron chi connectivity index (χ3n) is 2.65. The highest BCUT2D eigenvalue weighted by Crippen LogP contribution is 2.21. The van der Waals surface area contributed by atoms with Crippen molar-refractivity contribution in [3.8, 4) is 0 Å². The van der Waals surface area contributed by atoms with Crippen LogP contribution >= 0.6 is 11.5 Å². The fourth-order valence-corrected chi connectivity index (χ4v) is 2.34.